The Labute approximate surface area is 171 Å². The average molecular weight is 403 g/mol. The molecule has 2 aromatic rings. The van der Waals surface area contributed by atoms with Crippen LogP contribution in [-0.4, -0.2) is 18.5 Å². The smallest absolute Gasteiger partial charge is 0.323 e. The molecule has 0 saturated heterocycles. The van der Waals surface area contributed by atoms with Gasteiger partial charge in [-0.2, -0.15) is 0 Å². The number of nitrogens with one attached hydrogen (secondary N) is 3. The van der Waals surface area contributed by atoms with Crippen molar-refractivity contribution in [1.82, 2.24) is 5.32 Å². The molecule has 1 aliphatic carbocycles. The van der Waals surface area contributed by atoms with Crippen LogP contribution < -0.4 is 21.7 Å². The normalized spacial score (nSPS) is 18.0. The minimum Gasteiger partial charge on any atom is -0.352 e. The molecule has 1 fully saturated rings. The highest BCUT2D eigenvalue weighted by Gasteiger charge is 2.31. The number of nitrogens with two attached hydrogens (primary N) is 1. The van der Waals surface area contributed by atoms with E-state index in [9.17, 15) is 9.59 Å². The minimum absolute atomic E-state index is 0. The van der Waals surface area contributed by atoms with Gasteiger partial charge in [0.1, 0.15) is 0 Å². The Morgan fingerprint density at radius 3 is 2.43 bits per heavy atom. The summed E-state index contributed by atoms with van der Waals surface area (Å²) >= 11 is 0. The van der Waals surface area contributed by atoms with Gasteiger partial charge in [-0.3, -0.25) is 4.79 Å². The Morgan fingerprint density at radius 2 is 1.68 bits per heavy atom. The number of halogens is 1. The number of carbonyl (C=O) groups is 2. The summed E-state index contributed by atoms with van der Waals surface area (Å²) in [5.74, 6) is 0.385. The van der Waals surface area contributed by atoms with Crippen molar-refractivity contribution in [2.45, 2.75) is 25.8 Å². The van der Waals surface area contributed by atoms with Crippen molar-refractivity contribution >= 4 is 35.7 Å². The lowest BCUT2D eigenvalue weighted by atomic mass is 9.95. The van der Waals surface area contributed by atoms with Crippen LogP contribution in [0.5, 0.6) is 0 Å². The van der Waals surface area contributed by atoms with Crippen LogP contribution in [0.25, 0.3) is 0 Å². The van der Waals surface area contributed by atoms with Crippen LogP contribution in [0.1, 0.15) is 24.8 Å². The fourth-order valence-corrected chi connectivity index (χ4v) is 3.56. The topological polar surface area (TPSA) is 96.2 Å². The number of rotatable bonds is 6. The van der Waals surface area contributed by atoms with Crippen LogP contribution in [0.3, 0.4) is 0 Å². The number of hydrogen-bond donors (Lipinski definition) is 4. The average Bonchev–Trinajstić information content (AvgIpc) is 3.16. The summed E-state index contributed by atoms with van der Waals surface area (Å²) in [6.07, 6.45) is 3.01. The maximum atomic E-state index is 12.4. The van der Waals surface area contributed by atoms with Gasteiger partial charge in [-0.1, -0.05) is 36.8 Å². The number of anilines is 2. The minimum atomic E-state index is -0.306. The van der Waals surface area contributed by atoms with Crippen molar-refractivity contribution in [3.63, 3.8) is 0 Å². The lowest BCUT2D eigenvalue weighted by Gasteiger charge is -2.17. The third-order valence-corrected chi connectivity index (χ3v) is 4.98. The molecule has 2 atom stereocenters. The lowest BCUT2D eigenvalue weighted by Crippen LogP contribution is -2.34. The van der Waals surface area contributed by atoms with Crippen molar-refractivity contribution in [3.8, 4) is 0 Å². The molecule has 0 bridgehead atoms. The van der Waals surface area contributed by atoms with E-state index >= 15 is 0 Å². The summed E-state index contributed by atoms with van der Waals surface area (Å²) in [5.41, 5.74) is 8.10. The second-order valence-corrected chi connectivity index (χ2v) is 6.90. The van der Waals surface area contributed by atoms with E-state index < -0.39 is 0 Å². The molecule has 3 rings (SSSR count). The molecule has 0 heterocycles. The van der Waals surface area contributed by atoms with Crippen LogP contribution in [0.2, 0.25) is 0 Å². The van der Waals surface area contributed by atoms with E-state index in [0.717, 1.165) is 30.5 Å². The molecular weight excluding hydrogens is 376 g/mol. The number of para-hydroxylation sites is 1. The quantitative estimate of drug-likeness (QED) is 0.592. The molecule has 0 aromatic heterocycles. The molecule has 0 radical (unpaired) electrons. The van der Waals surface area contributed by atoms with E-state index in [1.165, 1.54) is 0 Å². The van der Waals surface area contributed by atoms with Gasteiger partial charge in [0.15, 0.2) is 0 Å². The fraction of sp³-hybridized carbons (Fsp3) is 0.333. The first kappa shape index (κ1) is 21.7. The van der Waals surface area contributed by atoms with Gasteiger partial charge in [-0.05, 0) is 55.1 Å². The van der Waals surface area contributed by atoms with E-state index in [1.54, 1.807) is 0 Å². The Hall–Kier alpha value is -2.57. The Balaban J connectivity index is 0.00000280. The highest BCUT2D eigenvalue weighted by Crippen LogP contribution is 2.31. The van der Waals surface area contributed by atoms with Crippen LogP contribution in [-0.2, 0) is 11.3 Å². The Bertz CT molecular complexity index is 785. The molecule has 6 nitrogen and oxygen atoms in total. The zero-order valence-corrected chi connectivity index (χ0v) is 16.5. The molecule has 150 valence electrons. The molecule has 7 heteroatoms. The summed E-state index contributed by atoms with van der Waals surface area (Å²) in [7, 11) is 0. The molecule has 28 heavy (non-hydrogen) atoms. The maximum absolute atomic E-state index is 12.4. The molecular formula is C21H27ClN4O2. The molecule has 3 amide bonds. The lowest BCUT2D eigenvalue weighted by molar-refractivity contribution is -0.126. The zero-order valence-electron chi connectivity index (χ0n) is 15.7. The van der Waals surface area contributed by atoms with E-state index in [1.807, 2.05) is 54.6 Å². The van der Waals surface area contributed by atoms with Crippen molar-refractivity contribution in [3.05, 3.63) is 60.2 Å². The summed E-state index contributed by atoms with van der Waals surface area (Å²) in [6, 6.07) is 16.4. The highest BCUT2D eigenvalue weighted by molar-refractivity contribution is 5.99. The van der Waals surface area contributed by atoms with Crippen molar-refractivity contribution in [2.75, 3.05) is 17.2 Å². The monoisotopic (exact) mass is 402 g/mol. The second kappa shape index (κ2) is 10.7. The van der Waals surface area contributed by atoms with Gasteiger partial charge in [0, 0.05) is 23.8 Å². The first-order chi connectivity index (χ1) is 13.2. The fourth-order valence-electron chi connectivity index (χ4n) is 3.56. The molecule has 1 aliphatic rings. The number of hydrogen-bond acceptors (Lipinski definition) is 3. The van der Waals surface area contributed by atoms with Crippen LogP contribution >= 0.6 is 12.4 Å². The number of carbonyl (C=O) groups excluding carboxylic acids is 2. The highest BCUT2D eigenvalue weighted by atomic mass is 35.5. The van der Waals surface area contributed by atoms with E-state index in [4.69, 9.17) is 5.73 Å². The van der Waals surface area contributed by atoms with Crippen molar-refractivity contribution < 1.29 is 9.59 Å². The summed E-state index contributed by atoms with van der Waals surface area (Å²) < 4.78 is 0. The van der Waals surface area contributed by atoms with Gasteiger partial charge < -0.3 is 21.7 Å². The van der Waals surface area contributed by atoms with Gasteiger partial charge in [0.25, 0.3) is 0 Å². The van der Waals surface area contributed by atoms with Crippen LogP contribution in [0.15, 0.2) is 54.6 Å². The maximum Gasteiger partial charge on any atom is 0.323 e. The van der Waals surface area contributed by atoms with Gasteiger partial charge in [0.05, 0.1) is 0 Å². The van der Waals surface area contributed by atoms with Crippen LogP contribution in [0, 0.1) is 11.8 Å². The molecule has 0 spiro atoms. The zero-order chi connectivity index (χ0) is 19.1. The van der Waals surface area contributed by atoms with Gasteiger partial charge in [-0.15, -0.1) is 12.4 Å². The summed E-state index contributed by atoms with van der Waals surface area (Å²) in [6.45, 7) is 0.996. The molecule has 5 N–H and O–H groups in total. The molecule has 0 aliphatic heterocycles. The predicted molar refractivity (Wildman–Crippen MR) is 115 cm³/mol. The van der Waals surface area contributed by atoms with E-state index in [0.29, 0.717) is 24.7 Å². The van der Waals surface area contributed by atoms with Crippen LogP contribution in [0.4, 0.5) is 16.2 Å². The third kappa shape index (κ3) is 5.97. The summed E-state index contributed by atoms with van der Waals surface area (Å²) in [4.78, 5) is 24.5. The van der Waals surface area contributed by atoms with E-state index in [-0.39, 0.29) is 30.3 Å². The third-order valence-electron chi connectivity index (χ3n) is 4.98. The number of urea groups is 1. The van der Waals surface area contributed by atoms with Crippen molar-refractivity contribution in [1.29, 1.82) is 0 Å². The molecule has 0 unspecified atom stereocenters. The van der Waals surface area contributed by atoms with Gasteiger partial charge in [-0.25, -0.2) is 4.79 Å². The number of amides is 3. The first-order valence-electron chi connectivity index (χ1n) is 9.35. The molecule has 2 aromatic carbocycles. The Kier molecular flexibility index (Phi) is 8.29. The van der Waals surface area contributed by atoms with Crippen molar-refractivity contribution in [2.24, 2.45) is 17.6 Å². The SMILES string of the molecule is Cl.NC[C@H]1CCC[C@H]1C(=O)NCc1cccc(NC(=O)Nc2ccccc2)c1. The first-order valence-corrected chi connectivity index (χ1v) is 9.35. The van der Waals surface area contributed by atoms with Gasteiger partial charge in [0.2, 0.25) is 5.91 Å². The van der Waals surface area contributed by atoms with E-state index in [2.05, 4.69) is 16.0 Å². The molecule has 1 saturated carbocycles. The summed E-state index contributed by atoms with van der Waals surface area (Å²) in [5, 5.41) is 8.59. The largest absolute Gasteiger partial charge is 0.352 e. The Morgan fingerprint density at radius 1 is 0.964 bits per heavy atom. The van der Waals surface area contributed by atoms with Gasteiger partial charge >= 0.3 is 6.03 Å². The predicted octanol–water partition coefficient (Wildman–Crippen LogP) is 3.74. The standard InChI is InChI=1S/C21H26N4O2.ClH/c22-13-16-7-5-11-19(16)20(26)23-14-15-6-4-10-18(12-15)25-21(27)24-17-8-2-1-3-9-17;/h1-4,6,8-10,12,16,19H,5,7,11,13-14,22H2,(H,23,26)(H2,24,25,27);1H/t16-,19-;/m1./s1. The number of benzene rings is 2. The second-order valence-electron chi connectivity index (χ2n) is 6.90.